The molecule has 0 spiro atoms. The van der Waals surface area contributed by atoms with Crippen LogP contribution in [0.15, 0.2) is 4.42 Å². The minimum absolute atomic E-state index is 0.426. The SMILES string of the molecule is CCc1nnc(CN2CCCCCC2C(=O)O)o1. The number of carboxylic acid groups (broad SMARTS) is 1. The molecule has 2 heterocycles. The number of likely N-dealkylation sites (tertiary alicyclic amines) is 1. The monoisotopic (exact) mass is 253 g/mol. The van der Waals surface area contributed by atoms with Gasteiger partial charge in [0.15, 0.2) is 0 Å². The van der Waals surface area contributed by atoms with Crippen molar-refractivity contribution in [3.8, 4) is 0 Å². The van der Waals surface area contributed by atoms with Gasteiger partial charge in [0.2, 0.25) is 11.8 Å². The van der Waals surface area contributed by atoms with Gasteiger partial charge >= 0.3 is 5.97 Å². The summed E-state index contributed by atoms with van der Waals surface area (Å²) >= 11 is 0. The van der Waals surface area contributed by atoms with Crippen molar-refractivity contribution >= 4 is 5.97 Å². The first-order valence-corrected chi connectivity index (χ1v) is 6.48. The second-order valence-corrected chi connectivity index (χ2v) is 4.62. The van der Waals surface area contributed by atoms with Crippen molar-refractivity contribution in [2.45, 2.75) is 51.6 Å². The topological polar surface area (TPSA) is 79.5 Å². The van der Waals surface area contributed by atoms with Gasteiger partial charge in [0, 0.05) is 6.42 Å². The summed E-state index contributed by atoms with van der Waals surface area (Å²) < 4.78 is 5.45. The Labute approximate surface area is 106 Å². The van der Waals surface area contributed by atoms with Gasteiger partial charge in [-0.2, -0.15) is 0 Å². The first-order chi connectivity index (χ1) is 8.70. The molecule has 0 saturated carbocycles. The summed E-state index contributed by atoms with van der Waals surface area (Å²) in [5.41, 5.74) is 0. The van der Waals surface area contributed by atoms with Crippen LogP contribution in [0, 0.1) is 0 Å². The van der Waals surface area contributed by atoms with Gasteiger partial charge in [0.1, 0.15) is 6.04 Å². The molecule has 0 amide bonds. The van der Waals surface area contributed by atoms with Crippen LogP contribution < -0.4 is 0 Å². The van der Waals surface area contributed by atoms with Crippen molar-refractivity contribution in [3.63, 3.8) is 0 Å². The van der Waals surface area contributed by atoms with Crippen molar-refractivity contribution in [2.75, 3.05) is 6.54 Å². The maximum Gasteiger partial charge on any atom is 0.320 e. The Morgan fingerprint density at radius 1 is 1.39 bits per heavy atom. The van der Waals surface area contributed by atoms with Gasteiger partial charge in [-0.05, 0) is 19.4 Å². The van der Waals surface area contributed by atoms with Crippen molar-refractivity contribution < 1.29 is 14.3 Å². The predicted octanol–water partition coefficient (Wildman–Crippen LogP) is 1.46. The second kappa shape index (κ2) is 5.95. The van der Waals surface area contributed by atoms with E-state index < -0.39 is 12.0 Å². The molecule has 1 saturated heterocycles. The van der Waals surface area contributed by atoms with Gasteiger partial charge in [-0.3, -0.25) is 9.69 Å². The molecule has 100 valence electrons. The van der Waals surface area contributed by atoms with E-state index in [1.807, 2.05) is 11.8 Å². The molecule has 1 unspecified atom stereocenters. The summed E-state index contributed by atoms with van der Waals surface area (Å²) in [6.45, 7) is 3.16. The van der Waals surface area contributed by atoms with E-state index in [2.05, 4.69) is 10.2 Å². The van der Waals surface area contributed by atoms with E-state index >= 15 is 0 Å². The Morgan fingerprint density at radius 3 is 2.83 bits per heavy atom. The number of carboxylic acids is 1. The molecule has 6 heteroatoms. The molecule has 2 rings (SSSR count). The fourth-order valence-corrected chi connectivity index (χ4v) is 2.31. The molecular formula is C12H19N3O3. The minimum Gasteiger partial charge on any atom is -0.480 e. The number of aromatic nitrogens is 2. The van der Waals surface area contributed by atoms with Gasteiger partial charge in [-0.25, -0.2) is 0 Å². The Kier molecular flexibility index (Phi) is 4.30. The third-order valence-electron chi connectivity index (χ3n) is 3.30. The molecule has 1 N–H and O–H groups in total. The molecule has 18 heavy (non-hydrogen) atoms. The average molecular weight is 253 g/mol. The summed E-state index contributed by atoms with van der Waals surface area (Å²) in [6, 6.07) is -0.426. The normalized spacial score (nSPS) is 21.7. The van der Waals surface area contributed by atoms with Crippen molar-refractivity contribution in [3.05, 3.63) is 11.8 Å². The van der Waals surface area contributed by atoms with E-state index in [4.69, 9.17) is 4.42 Å². The summed E-state index contributed by atoms with van der Waals surface area (Å²) in [5, 5.41) is 17.1. The molecule has 1 aromatic heterocycles. The summed E-state index contributed by atoms with van der Waals surface area (Å²) in [4.78, 5) is 13.2. The lowest BCUT2D eigenvalue weighted by atomic mass is 10.1. The van der Waals surface area contributed by atoms with Crippen LogP contribution in [-0.4, -0.2) is 38.8 Å². The molecule has 0 radical (unpaired) electrons. The van der Waals surface area contributed by atoms with Crippen LogP contribution in [0.4, 0.5) is 0 Å². The molecule has 6 nitrogen and oxygen atoms in total. The number of nitrogens with zero attached hydrogens (tertiary/aromatic N) is 3. The minimum atomic E-state index is -0.757. The van der Waals surface area contributed by atoms with E-state index in [0.29, 0.717) is 31.2 Å². The summed E-state index contributed by atoms with van der Waals surface area (Å²) in [7, 11) is 0. The smallest absolute Gasteiger partial charge is 0.320 e. The number of hydrogen-bond acceptors (Lipinski definition) is 5. The Bertz CT molecular complexity index is 405. The lowest BCUT2D eigenvalue weighted by Gasteiger charge is -2.24. The highest BCUT2D eigenvalue weighted by Crippen LogP contribution is 2.19. The van der Waals surface area contributed by atoms with Gasteiger partial charge in [0.05, 0.1) is 6.54 Å². The number of hydrogen-bond donors (Lipinski definition) is 1. The second-order valence-electron chi connectivity index (χ2n) is 4.62. The highest BCUT2D eigenvalue weighted by Gasteiger charge is 2.28. The fourth-order valence-electron chi connectivity index (χ4n) is 2.31. The third-order valence-corrected chi connectivity index (χ3v) is 3.30. The van der Waals surface area contributed by atoms with E-state index in [1.165, 1.54) is 0 Å². The van der Waals surface area contributed by atoms with Gasteiger partial charge < -0.3 is 9.52 Å². The quantitative estimate of drug-likeness (QED) is 0.875. The van der Waals surface area contributed by atoms with E-state index in [0.717, 1.165) is 25.8 Å². The van der Waals surface area contributed by atoms with Crippen LogP contribution >= 0.6 is 0 Å². The first kappa shape index (κ1) is 13.0. The summed E-state index contributed by atoms with van der Waals surface area (Å²) in [6.07, 6.45) is 4.49. The van der Waals surface area contributed by atoms with Crippen LogP contribution in [-0.2, 0) is 17.8 Å². The highest BCUT2D eigenvalue weighted by atomic mass is 16.4. The standard InChI is InChI=1S/C12H19N3O3/c1-2-10-13-14-11(18-10)8-15-7-5-3-4-6-9(15)12(16)17/h9H,2-8H2,1H3,(H,16,17). The average Bonchev–Trinajstić information content (AvgIpc) is 2.66. The van der Waals surface area contributed by atoms with Crippen molar-refractivity contribution in [1.82, 2.24) is 15.1 Å². The zero-order valence-electron chi connectivity index (χ0n) is 10.6. The first-order valence-electron chi connectivity index (χ1n) is 6.48. The molecule has 1 aliphatic heterocycles. The molecule has 0 aromatic carbocycles. The lowest BCUT2D eigenvalue weighted by molar-refractivity contribution is -0.143. The van der Waals surface area contributed by atoms with E-state index in [1.54, 1.807) is 0 Å². The van der Waals surface area contributed by atoms with E-state index in [9.17, 15) is 9.90 Å². The van der Waals surface area contributed by atoms with Crippen LogP contribution in [0.2, 0.25) is 0 Å². The molecular weight excluding hydrogens is 234 g/mol. The fraction of sp³-hybridized carbons (Fsp3) is 0.750. The molecule has 0 bridgehead atoms. The van der Waals surface area contributed by atoms with Crippen LogP contribution in [0.3, 0.4) is 0 Å². The summed E-state index contributed by atoms with van der Waals surface area (Å²) in [5.74, 6) is 0.360. The number of carbonyl (C=O) groups is 1. The molecule has 1 aromatic rings. The van der Waals surface area contributed by atoms with E-state index in [-0.39, 0.29) is 0 Å². The zero-order valence-corrected chi connectivity index (χ0v) is 10.6. The van der Waals surface area contributed by atoms with Crippen LogP contribution in [0.5, 0.6) is 0 Å². The molecule has 0 aliphatic carbocycles. The Balaban J connectivity index is 2.05. The van der Waals surface area contributed by atoms with Gasteiger partial charge in [0.25, 0.3) is 0 Å². The van der Waals surface area contributed by atoms with Crippen molar-refractivity contribution in [2.24, 2.45) is 0 Å². The highest BCUT2D eigenvalue weighted by molar-refractivity contribution is 5.73. The number of aryl methyl sites for hydroxylation is 1. The lowest BCUT2D eigenvalue weighted by Crippen LogP contribution is -2.40. The molecule has 1 fully saturated rings. The maximum atomic E-state index is 11.3. The van der Waals surface area contributed by atoms with Crippen molar-refractivity contribution in [1.29, 1.82) is 0 Å². The number of rotatable bonds is 4. The van der Waals surface area contributed by atoms with Gasteiger partial charge in [-0.1, -0.05) is 19.8 Å². The van der Waals surface area contributed by atoms with Crippen LogP contribution in [0.1, 0.15) is 44.4 Å². The largest absolute Gasteiger partial charge is 0.480 e. The third kappa shape index (κ3) is 3.07. The zero-order chi connectivity index (χ0) is 13.0. The molecule has 1 aliphatic rings. The Hall–Kier alpha value is -1.43. The predicted molar refractivity (Wildman–Crippen MR) is 64.0 cm³/mol. The molecule has 1 atom stereocenters. The number of aliphatic carboxylic acids is 1. The van der Waals surface area contributed by atoms with Crippen LogP contribution in [0.25, 0.3) is 0 Å². The van der Waals surface area contributed by atoms with Gasteiger partial charge in [-0.15, -0.1) is 10.2 Å². The Morgan fingerprint density at radius 2 is 2.17 bits per heavy atom. The maximum absolute atomic E-state index is 11.3.